The van der Waals surface area contributed by atoms with Crippen LogP contribution in [0.4, 0.5) is 0 Å². The van der Waals surface area contributed by atoms with Gasteiger partial charge in [-0.15, -0.1) is 11.3 Å². The third kappa shape index (κ3) is 3.32. The number of nitrogens with one attached hydrogen (secondary N) is 1. The molecule has 104 valence electrons. The second-order valence-electron chi connectivity index (χ2n) is 4.92. The SMILES string of the molecule is CCC(C)C1NC(=O)CCN(Cc2cscn2)C1=O. The monoisotopic (exact) mass is 281 g/mol. The maximum Gasteiger partial charge on any atom is 0.245 e. The van der Waals surface area contributed by atoms with Gasteiger partial charge in [0, 0.05) is 18.3 Å². The zero-order valence-electron chi connectivity index (χ0n) is 11.3. The molecule has 0 aliphatic carbocycles. The highest BCUT2D eigenvalue weighted by Gasteiger charge is 2.32. The minimum absolute atomic E-state index is 0.00759. The maximum absolute atomic E-state index is 12.5. The number of rotatable bonds is 4. The van der Waals surface area contributed by atoms with Crippen LogP contribution in [0, 0.1) is 5.92 Å². The van der Waals surface area contributed by atoms with Gasteiger partial charge in [0.25, 0.3) is 0 Å². The van der Waals surface area contributed by atoms with E-state index >= 15 is 0 Å². The fraction of sp³-hybridized carbons (Fsp3) is 0.615. The van der Waals surface area contributed by atoms with Crippen LogP contribution >= 0.6 is 11.3 Å². The first kappa shape index (κ1) is 14.0. The average molecular weight is 281 g/mol. The van der Waals surface area contributed by atoms with E-state index in [1.54, 1.807) is 10.4 Å². The molecule has 2 unspecified atom stereocenters. The van der Waals surface area contributed by atoms with E-state index in [2.05, 4.69) is 10.3 Å². The van der Waals surface area contributed by atoms with Crippen molar-refractivity contribution in [2.45, 2.75) is 39.3 Å². The molecule has 19 heavy (non-hydrogen) atoms. The third-order valence-electron chi connectivity index (χ3n) is 3.55. The summed E-state index contributed by atoms with van der Waals surface area (Å²) >= 11 is 1.52. The van der Waals surface area contributed by atoms with Crippen LogP contribution in [0.1, 0.15) is 32.4 Å². The number of hydrogen-bond acceptors (Lipinski definition) is 4. The zero-order chi connectivity index (χ0) is 13.8. The van der Waals surface area contributed by atoms with E-state index in [0.717, 1.165) is 12.1 Å². The van der Waals surface area contributed by atoms with Gasteiger partial charge < -0.3 is 10.2 Å². The zero-order valence-corrected chi connectivity index (χ0v) is 12.1. The van der Waals surface area contributed by atoms with E-state index in [-0.39, 0.29) is 17.7 Å². The molecule has 2 atom stereocenters. The van der Waals surface area contributed by atoms with E-state index in [1.807, 2.05) is 19.2 Å². The Kier molecular flexibility index (Phi) is 4.52. The second kappa shape index (κ2) is 6.14. The van der Waals surface area contributed by atoms with Gasteiger partial charge in [0.05, 0.1) is 17.7 Å². The Labute approximate surface area is 117 Å². The molecular formula is C13H19N3O2S. The van der Waals surface area contributed by atoms with Crippen LogP contribution in [0.15, 0.2) is 10.9 Å². The first-order valence-electron chi connectivity index (χ1n) is 6.57. The summed E-state index contributed by atoms with van der Waals surface area (Å²) in [6.07, 6.45) is 1.23. The van der Waals surface area contributed by atoms with Gasteiger partial charge in [-0.3, -0.25) is 9.59 Å². The Bertz CT molecular complexity index is 447. The summed E-state index contributed by atoms with van der Waals surface area (Å²) < 4.78 is 0. The Balaban J connectivity index is 2.13. The summed E-state index contributed by atoms with van der Waals surface area (Å²) in [6, 6.07) is -0.404. The molecule has 1 aliphatic rings. The van der Waals surface area contributed by atoms with E-state index in [1.165, 1.54) is 11.3 Å². The van der Waals surface area contributed by atoms with Crippen LogP contribution in [0.2, 0.25) is 0 Å². The molecule has 1 aromatic heterocycles. The van der Waals surface area contributed by atoms with Gasteiger partial charge in [-0.05, 0) is 5.92 Å². The van der Waals surface area contributed by atoms with Gasteiger partial charge in [0.2, 0.25) is 11.8 Å². The van der Waals surface area contributed by atoms with E-state index < -0.39 is 6.04 Å². The van der Waals surface area contributed by atoms with E-state index in [4.69, 9.17) is 0 Å². The van der Waals surface area contributed by atoms with E-state index in [0.29, 0.717) is 19.5 Å². The highest BCUT2D eigenvalue weighted by molar-refractivity contribution is 7.07. The quantitative estimate of drug-likeness (QED) is 0.907. The standard InChI is InChI=1S/C13H19N3O2S/c1-3-9(2)12-13(18)16(5-4-11(17)15-12)6-10-7-19-8-14-10/h7-9,12H,3-6H2,1-2H3,(H,15,17). The molecule has 1 saturated heterocycles. The lowest BCUT2D eigenvalue weighted by atomic mass is 9.98. The number of nitrogens with zero attached hydrogens (tertiary/aromatic N) is 2. The van der Waals surface area contributed by atoms with Crippen LogP contribution in [-0.4, -0.2) is 34.3 Å². The topological polar surface area (TPSA) is 62.3 Å². The predicted molar refractivity (Wildman–Crippen MR) is 73.5 cm³/mol. The molecule has 2 heterocycles. The fourth-order valence-electron chi connectivity index (χ4n) is 2.14. The van der Waals surface area contributed by atoms with Crippen molar-refractivity contribution in [2.75, 3.05) is 6.54 Å². The maximum atomic E-state index is 12.5. The number of carbonyl (C=O) groups is 2. The molecule has 0 spiro atoms. The van der Waals surface area contributed by atoms with Crippen LogP contribution < -0.4 is 5.32 Å². The Hall–Kier alpha value is -1.43. The van der Waals surface area contributed by atoms with Gasteiger partial charge in [0.15, 0.2) is 0 Å². The number of thiazole rings is 1. The number of carbonyl (C=O) groups excluding carboxylic acids is 2. The van der Waals surface area contributed by atoms with Gasteiger partial charge in [-0.25, -0.2) is 4.98 Å². The first-order chi connectivity index (χ1) is 9.11. The average Bonchev–Trinajstić information content (AvgIpc) is 2.87. The van der Waals surface area contributed by atoms with Gasteiger partial charge in [-0.1, -0.05) is 20.3 Å². The van der Waals surface area contributed by atoms with Crippen molar-refractivity contribution in [1.82, 2.24) is 15.2 Å². The third-order valence-corrected chi connectivity index (χ3v) is 4.19. The molecule has 0 radical (unpaired) electrons. The van der Waals surface area contributed by atoms with Crippen LogP contribution in [0.3, 0.4) is 0 Å². The van der Waals surface area contributed by atoms with Crippen LogP contribution in [-0.2, 0) is 16.1 Å². The number of hydrogen-bond donors (Lipinski definition) is 1. The first-order valence-corrected chi connectivity index (χ1v) is 7.51. The van der Waals surface area contributed by atoms with E-state index in [9.17, 15) is 9.59 Å². The van der Waals surface area contributed by atoms with Crippen LogP contribution in [0.25, 0.3) is 0 Å². The number of amides is 2. The van der Waals surface area contributed by atoms with Crippen molar-refractivity contribution < 1.29 is 9.59 Å². The van der Waals surface area contributed by atoms with Crippen molar-refractivity contribution in [3.8, 4) is 0 Å². The van der Waals surface area contributed by atoms with Gasteiger partial charge in [-0.2, -0.15) is 0 Å². The fourth-order valence-corrected chi connectivity index (χ4v) is 2.69. The van der Waals surface area contributed by atoms with Crippen molar-refractivity contribution in [2.24, 2.45) is 5.92 Å². The van der Waals surface area contributed by atoms with Crippen molar-refractivity contribution in [3.05, 3.63) is 16.6 Å². The lowest BCUT2D eigenvalue weighted by Gasteiger charge is -2.26. The predicted octanol–water partition coefficient (Wildman–Crippen LogP) is 1.41. The smallest absolute Gasteiger partial charge is 0.245 e. The highest BCUT2D eigenvalue weighted by atomic mass is 32.1. The second-order valence-corrected chi connectivity index (χ2v) is 5.64. The van der Waals surface area contributed by atoms with Crippen molar-refractivity contribution in [3.63, 3.8) is 0 Å². The van der Waals surface area contributed by atoms with Gasteiger partial charge in [0.1, 0.15) is 6.04 Å². The molecule has 5 nitrogen and oxygen atoms in total. The Morgan fingerprint density at radius 1 is 1.58 bits per heavy atom. The molecule has 1 aliphatic heterocycles. The van der Waals surface area contributed by atoms with Crippen molar-refractivity contribution >= 4 is 23.2 Å². The molecule has 0 aromatic carbocycles. The van der Waals surface area contributed by atoms with Crippen molar-refractivity contribution in [1.29, 1.82) is 0 Å². The lowest BCUT2D eigenvalue weighted by Crippen LogP contribution is -2.48. The molecule has 1 N–H and O–H groups in total. The molecule has 0 bridgehead atoms. The largest absolute Gasteiger partial charge is 0.344 e. The summed E-state index contributed by atoms with van der Waals surface area (Å²) in [7, 11) is 0. The molecular weight excluding hydrogens is 262 g/mol. The minimum Gasteiger partial charge on any atom is -0.344 e. The molecule has 1 fully saturated rings. The molecule has 2 rings (SSSR count). The summed E-state index contributed by atoms with van der Waals surface area (Å²) in [4.78, 5) is 30.2. The molecule has 1 aromatic rings. The normalized spacial score (nSPS) is 22.0. The number of aromatic nitrogens is 1. The lowest BCUT2D eigenvalue weighted by molar-refractivity contribution is -0.135. The highest BCUT2D eigenvalue weighted by Crippen LogP contribution is 2.16. The Morgan fingerprint density at radius 2 is 2.37 bits per heavy atom. The molecule has 0 saturated carbocycles. The summed E-state index contributed by atoms with van der Waals surface area (Å²) in [5.41, 5.74) is 2.64. The van der Waals surface area contributed by atoms with Gasteiger partial charge >= 0.3 is 0 Å². The summed E-state index contributed by atoms with van der Waals surface area (Å²) in [5.74, 6) is 0.111. The molecule has 6 heteroatoms. The summed E-state index contributed by atoms with van der Waals surface area (Å²) in [5, 5.41) is 4.78. The minimum atomic E-state index is -0.404. The van der Waals surface area contributed by atoms with Crippen LogP contribution in [0.5, 0.6) is 0 Å². The molecule has 2 amide bonds. The summed E-state index contributed by atoms with van der Waals surface area (Å²) in [6.45, 7) is 4.98. The Morgan fingerprint density at radius 3 is 3.00 bits per heavy atom.